The van der Waals surface area contributed by atoms with Crippen LogP contribution < -0.4 is 0 Å². The summed E-state index contributed by atoms with van der Waals surface area (Å²) in [5, 5.41) is 12.6. The van der Waals surface area contributed by atoms with E-state index in [0.29, 0.717) is 17.0 Å². The summed E-state index contributed by atoms with van der Waals surface area (Å²) in [6.07, 6.45) is 1.81. The van der Waals surface area contributed by atoms with E-state index in [9.17, 15) is 5.11 Å². The first-order valence-electron chi connectivity index (χ1n) is 26.5. The third-order valence-corrected chi connectivity index (χ3v) is 13.3. The van der Waals surface area contributed by atoms with Crippen LogP contribution in [0.2, 0.25) is 0 Å². The lowest BCUT2D eigenvalue weighted by molar-refractivity contribution is 0.446. The number of phenolic OH excluding ortho intramolecular Hbond substituents is 1. The van der Waals surface area contributed by atoms with Gasteiger partial charge >= 0.3 is 0 Å². The number of pyridine rings is 1. The van der Waals surface area contributed by atoms with Crippen molar-refractivity contribution < 1.29 is 12.0 Å². The normalized spacial score (nSPS) is 13.1. The van der Waals surface area contributed by atoms with Crippen molar-refractivity contribution in [3.63, 3.8) is 0 Å². The monoisotopic (exact) mass is 917 g/mol. The van der Waals surface area contributed by atoms with Crippen LogP contribution in [0.1, 0.15) is 85.9 Å². The molecule has 1 N–H and O–H groups in total. The van der Waals surface area contributed by atoms with E-state index in [-0.39, 0.29) is 51.7 Å². The summed E-state index contributed by atoms with van der Waals surface area (Å²) in [6.45, 7) is 19.7. The molecule has 10 rings (SSSR count). The predicted molar refractivity (Wildman–Crippen MR) is 295 cm³/mol. The van der Waals surface area contributed by atoms with Crippen molar-refractivity contribution in [2.45, 2.75) is 78.6 Å². The topological polar surface area (TPSA) is 50.9 Å². The number of aromatic nitrogens is 3. The Labute approximate surface area is 421 Å². The molecule has 0 saturated carbocycles. The quantitative estimate of drug-likeness (QED) is 0.165. The Morgan fingerprint density at radius 1 is 0.443 bits per heavy atom. The van der Waals surface area contributed by atoms with Crippen LogP contribution in [0.5, 0.6) is 5.75 Å². The standard InChI is InChI=1S/C66H61N3O/c1-64(2,3)52-37-50(36-51(38-52)58-40-49(34-35-67-58)46-30-28-45(29-31-46)43-20-13-10-14-21-43)54-26-19-27-60-61(54)68-63(56-41-53(65(4,5)6)42-57(62(56)70)66(7,8)9)69(60)59-33-32-48(44-22-15-11-16-23-44)39-55(59)47-24-17-12-18-25-47/h10-42,70H,1-9H3/i10D,13D,14D,20D,21D. The third-order valence-electron chi connectivity index (χ3n) is 13.3. The molecule has 0 bridgehead atoms. The summed E-state index contributed by atoms with van der Waals surface area (Å²) >= 11 is 0. The summed E-state index contributed by atoms with van der Waals surface area (Å²) in [7, 11) is 0. The van der Waals surface area contributed by atoms with Gasteiger partial charge in [0, 0.05) is 28.5 Å². The first-order chi connectivity index (χ1) is 35.6. The summed E-state index contributed by atoms with van der Waals surface area (Å²) in [5.74, 6) is 0.845. The van der Waals surface area contributed by atoms with Crippen LogP contribution in [0.15, 0.2) is 200 Å². The number of para-hydroxylation sites is 1. The van der Waals surface area contributed by atoms with Crippen molar-refractivity contribution >= 4 is 11.0 Å². The number of phenols is 1. The van der Waals surface area contributed by atoms with Gasteiger partial charge in [0.1, 0.15) is 11.6 Å². The zero-order chi connectivity index (χ0) is 53.3. The Bertz CT molecular complexity index is 3800. The summed E-state index contributed by atoms with van der Waals surface area (Å²) < 4.78 is 43.8. The third kappa shape index (κ3) is 8.98. The molecule has 0 saturated heterocycles. The van der Waals surface area contributed by atoms with Gasteiger partial charge in [-0.15, -0.1) is 0 Å². The van der Waals surface area contributed by atoms with Crippen molar-refractivity contribution in [1.29, 1.82) is 0 Å². The van der Waals surface area contributed by atoms with Gasteiger partial charge in [-0.05, 0) is 120 Å². The molecule has 10 aromatic rings. The molecule has 0 spiro atoms. The van der Waals surface area contributed by atoms with E-state index in [0.717, 1.165) is 89.2 Å². The van der Waals surface area contributed by atoms with Gasteiger partial charge in [0.25, 0.3) is 0 Å². The number of imidazole rings is 1. The maximum atomic E-state index is 12.6. The molecule has 2 heterocycles. The van der Waals surface area contributed by atoms with E-state index in [1.54, 1.807) is 12.1 Å². The molecular formula is C66H61N3O. The molecule has 2 aromatic heterocycles. The van der Waals surface area contributed by atoms with E-state index in [1.165, 1.54) is 0 Å². The summed E-state index contributed by atoms with van der Waals surface area (Å²) in [6, 6.07) is 54.7. The lowest BCUT2D eigenvalue weighted by atomic mass is 9.79. The second-order valence-electron chi connectivity index (χ2n) is 21.4. The van der Waals surface area contributed by atoms with E-state index in [2.05, 4.69) is 188 Å². The molecule has 0 aliphatic carbocycles. The molecule has 0 aliphatic heterocycles. The van der Waals surface area contributed by atoms with Crippen molar-refractivity contribution in [2.75, 3.05) is 0 Å². The van der Waals surface area contributed by atoms with Crippen LogP contribution in [-0.4, -0.2) is 19.6 Å². The maximum absolute atomic E-state index is 12.6. The Balaban J connectivity index is 1.19. The molecule has 70 heavy (non-hydrogen) atoms. The summed E-state index contributed by atoms with van der Waals surface area (Å²) in [5.41, 5.74) is 15.9. The second-order valence-corrected chi connectivity index (χ2v) is 21.4. The molecule has 0 radical (unpaired) electrons. The fourth-order valence-electron chi connectivity index (χ4n) is 9.31. The molecule has 0 fully saturated rings. The first-order valence-corrected chi connectivity index (χ1v) is 24.0. The number of benzene rings is 8. The first kappa shape index (κ1) is 40.1. The molecule has 346 valence electrons. The lowest BCUT2D eigenvalue weighted by Crippen LogP contribution is -2.17. The van der Waals surface area contributed by atoms with Gasteiger partial charge in [-0.3, -0.25) is 9.55 Å². The molecular weight excluding hydrogens is 851 g/mol. The Hall–Kier alpha value is -7.82. The van der Waals surface area contributed by atoms with E-state index < -0.39 is 6.04 Å². The highest BCUT2D eigenvalue weighted by molar-refractivity contribution is 5.98. The van der Waals surface area contributed by atoms with Crippen LogP contribution in [-0.2, 0) is 16.2 Å². The molecule has 4 nitrogen and oxygen atoms in total. The number of aromatic hydroxyl groups is 1. The predicted octanol–water partition coefficient (Wildman–Crippen LogP) is 17.7. The number of fused-ring (bicyclic) bond motifs is 1. The smallest absolute Gasteiger partial charge is 0.149 e. The average Bonchev–Trinajstić information content (AvgIpc) is 3.81. The molecule has 0 amide bonds. The fraction of sp³-hybridized carbons (Fsp3) is 0.182. The summed E-state index contributed by atoms with van der Waals surface area (Å²) in [4.78, 5) is 10.6. The van der Waals surface area contributed by atoms with Crippen molar-refractivity contribution in [3.8, 4) is 89.7 Å². The Kier molecular flexibility index (Phi) is 10.3. The van der Waals surface area contributed by atoms with Crippen LogP contribution in [0, 0.1) is 0 Å². The van der Waals surface area contributed by atoms with Crippen molar-refractivity contribution in [2.24, 2.45) is 0 Å². The van der Waals surface area contributed by atoms with Gasteiger partial charge < -0.3 is 5.11 Å². The molecule has 0 aliphatic rings. The molecule has 4 heteroatoms. The SMILES string of the molecule is [2H]c1c([2H])c([2H])c(-c2ccc(-c3ccnc(-c4cc(-c5cccc6c5nc(-c5cc(C(C)(C)C)cc(C(C)(C)C)c5O)n6-c5ccc(-c6ccccc6)cc5-c5ccccc5)cc(C(C)(C)C)c4)c3)cc2)c([2H])c1[2H]. The van der Waals surface area contributed by atoms with Crippen LogP contribution in [0.25, 0.3) is 95.0 Å². The van der Waals surface area contributed by atoms with Gasteiger partial charge in [-0.1, -0.05) is 208 Å². The van der Waals surface area contributed by atoms with Gasteiger partial charge in [0.2, 0.25) is 0 Å². The van der Waals surface area contributed by atoms with E-state index >= 15 is 0 Å². The minimum absolute atomic E-state index is 0.170. The second kappa shape index (κ2) is 17.9. The van der Waals surface area contributed by atoms with E-state index in [1.807, 2.05) is 36.5 Å². The van der Waals surface area contributed by atoms with Gasteiger partial charge in [0.15, 0.2) is 0 Å². The highest BCUT2D eigenvalue weighted by Gasteiger charge is 2.30. The average molecular weight is 917 g/mol. The zero-order valence-corrected chi connectivity index (χ0v) is 41.5. The van der Waals surface area contributed by atoms with Gasteiger partial charge in [-0.25, -0.2) is 4.98 Å². The number of hydrogen-bond donors (Lipinski definition) is 1. The number of hydrogen-bond acceptors (Lipinski definition) is 3. The van der Waals surface area contributed by atoms with Crippen LogP contribution in [0.3, 0.4) is 0 Å². The molecule has 8 aromatic carbocycles. The highest BCUT2D eigenvalue weighted by atomic mass is 16.3. The maximum Gasteiger partial charge on any atom is 0.149 e. The van der Waals surface area contributed by atoms with Gasteiger partial charge in [-0.2, -0.15) is 0 Å². The van der Waals surface area contributed by atoms with Crippen molar-refractivity contribution in [1.82, 2.24) is 14.5 Å². The number of nitrogens with zero attached hydrogens (tertiary/aromatic N) is 3. The Morgan fingerprint density at radius 3 is 1.69 bits per heavy atom. The van der Waals surface area contributed by atoms with Crippen LogP contribution >= 0.6 is 0 Å². The largest absolute Gasteiger partial charge is 0.507 e. The van der Waals surface area contributed by atoms with Crippen molar-refractivity contribution in [3.05, 3.63) is 217 Å². The number of rotatable bonds is 8. The van der Waals surface area contributed by atoms with Crippen LogP contribution in [0.4, 0.5) is 0 Å². The minimum atomic E-state index is -0.413. The Morgan fingerprint density at radius 2 is 1.03 bits per heavy atom. The lowest BCUT2D eigenvalue weighted by Gasteiger charge is -2.27. The minimum Gasteiger partial charge on any atom is -0.507 e. The highest BCUT2D eigenvalue weighted by Crippen LogP contribution is 2.46. The fourth-order valence-corrected chi connectivity index (χ4v) is 9.31. The van der Waals surface area contributed by atoms with Gasteiger partial charge in [0.05, 0.1) is 34.8 Å². The van der Waals surface area contributed by atoms with E-state index in [4.69, 9.17) is 16.8 Å². The molecule has 0 atom stereocenters. The molecule has 0 unspecified atom stereocenters. The zero-order valence-electron chi connectivity index (χ0n) is 46.5.